The molecule has 4 aliphatic rings. The summed E-state index contributed by atoms with van der Waals surface area (Å²) in [6, 6.07) is 6.45. The predicted molar refractivity (Wildman–Crippen MR) is 152 cm³/mol. The number of amides is 2. The molecule has 4 aliphatic carbocycles. The molecule has 5 atom stereocenters. The number of rotatable bonds is 18. The average molecular weight is 540 g/mol. The second-order valence-electron chi connectivity index (χ2n) is 12.2. The first-order valence-corrected chi connectivity index (χ1v) is 15.9. The Kier molecular flexibility index (Phi) is 8.96. The molecule has 5 rings (SSSR count). The molecular formula is C31H45N3O3S. The Morgan fingerprint density at radius 1 is 1.11 bits per heavy atom. The van der Waals surface area contributed by atoms with Crippen molar-refractivity contribution in [3.05, 3.63) is 29.3 Å². The zero-order valence-electron chi connectivity index (χ0n) is 23.1. The lowest BCUT2D eigenvalue weighted by atomic mass is 9.17. The highest BCUT2D eigenvalue weighted by Gasteiger charge is 2.84. The van der Waals surface area contributed by atoms with E-state index in [-0.39, 0.29) is 5.91 Å². The summed E-state index contributed by atoms with van der Waals surface area (Å²) < 4.78 is 0. The molecule has 208 valence electrons. The van der Waals surface area contributed by atoms with Crippen molar-refractivity contribution < 1.29 is 14.4 Å². The Labute approximate surface area is 232 Å². The minimum absolute atomic E-state index is 0.295. The van der Waals surface area contributed by atoms with Gasteiger partial charge in [-0.2, -0.15) is 0 Å². The number of nitrogens with zero attached hydrogens (tertiary/aromatic N) is 1. The van der Waals surface area contributed by atoms with Crippen molar-refractivity contribution in [2.24, 2.45) is 29.1 Å². The average Bonchev–Trinajstić information content (AvgIpc) is 2.86. The molecule has 1 spiro atoms. The molecular weight excluding hydrogens is 494 g/mol. The number of carbonyl (C=O) groups is 3. The summed E-state index contributed by atoms with van der Waals surface area (Å²) in [4.78, 5) is 37.8. The fourth-order valence-corrected chi connectivity index (χ4v) is 9.55. The van der Waals surface area contributed by atoms with Crippen molar-refractivity contribution >= 4 is 30.4 Å². The van der Waals surface area contributed by atoms with E-state index < -0.39 is 6.04 Å². The Morgan fingerprint density at radius 3 is 2.53 bits per heavy atom. The van der Waals surface area contributed by atoms with E-state index in [0.717, 1.165) is 64.0 Å². The molecule has 4 saturated carbocycles. The number of unbranched alkanes of at least 4 members (excludes halogenated alkanes) is 4. The largest absolute Gasteiger partial charge is 0.313 e. The molecule has 4 fully saturated rings. The van der Waals surface area contributed by atoms with Gasteiger partial charge in [-0.3, -0.25) is 24.6 Å². The molecule has 0 saturated heterocycles. The summed E-state index contributed by atoms with van der Waals surface area (Å²) in [5.74, 6) is 5.12. The minimum Gasteiger partial charge on any atom is -0.313 e. The van der Waals surface area contributed by atoms with Crippen LogP contribution in [0.4, 0.5) is 0 Å². The molecule has 6 nitrogen and oxygen atoms in total. The van der Waals surface area contributed by atoms with Crippen LogP contribution in [-0.2, 0) is 16.1 Å². The van der Waals surface area contributed by atoms with Crippen LogP contribution in [0.2, 0.25) is 0 Å². The first-order chi connectivity index (χ1) is 18.5. The number of hydrogen-bond acceptors (Lipinski definition) is 6. The van der Waals surface area contributed by atoms with Crippen LogP contribution < -0.4 is 10.6 Å². The third-order valence-corrected chi connectivity index (χ3v) is 11.5. The van der Waals surface area contributed by atoms with Crippen LogP contribution in [0.5, 0.6) is 0 Å². The van der Waals surface area contributed by atoms with E-state index in [0.29, 0.717) is 24.9 Å². The number of aldehydes is 1. The molecule has 2 N–H and O–H groups in total. The van der Waals surface area contributed by atoms with Gasteiger partial charge in [-0.15, -0.1) is 11.8 Å². The normalized spacial score (nSPS) is 30.6. The van der Waals surface area contributed by atoms with Gasteiger partial charge in [0.1, 0.15) is 6.29 Å². The summed E-state index contributed by atoms with van der Waals surface area (Å²) in [6.45, 7) is 3.70. The van der Waals surface area contributed by atoms with Crippen molar-refractivity contribution in [3.8, 4) is 0 Å². The van der Waals surface area contributed by atoms with E-state index in [1.165, 1.54) is 51.5 Å². The molecule has 0 aromatic heterocycles. The maximum Gasteiger partial charge on any atom is 0.243 e. The minimum atomic E-state index is -0.402. The number of imide groups is 1. The standard InChI is InChI=1S/C31H45N3O3S/c1-3-9-28(30(37)33-20-36)34(2)18-22-14-25(11-10-21(22)19-35)38-13-8-6-4-5-7-12-32-29-26-16-23-15-24-17-27(29)31(23,24)26/h10-11,14,19-20,23-24,26-29,32H,3-9,12-13,15-18H2,1-2H3,(H,33,36,37). The molecule has 0 heterocycles. The van der Waals surface area contributed by atoms with Crippen LogP contribution >= 0.6 is 11.8 Å². The third-order valence-electron chi connectivity index (χ3n) is 10.4. The smallest absolute Gasteiger partial charge is 0.243 e. The first kappa shape index (κ1) is 27.9. The number of carbonyl (C=O) groups excluding carboxylic acids is 3. The highest BCUT2D eigenvalue weighted by Crippen LogP contribution is 2.87. The summed E-state index contributed by atoms with van der Waals surface area (Å²) in [5, 5.41) is 6.20. The van der Waals surface area contributed by atoms with E-state index in [2.05, 4.69) is 16.7 Å². The maximum atomic E-state index is 12.3. The van der Waals surface area contributed by atoms with Crippen molar-refractivity contribution in [2.45, 2.75) is 94.7 Å². The molecule has 5 unspecified atom stereocenters. The quantitative estimate of drug-likeness (QED) is 0.154. The third kappa shape index (κ3) is 4.99. The van der Waals surface area contributed by atoms with Gasteiger partial charge in [0.05, 0.1) is 6.04 Å². The number of hydrogen-bond donors (Lipinski definition) is 2. The van der Waals surface area contributed by atoms with Crippen LogP contribution in [0.15, 0.2) is 23.1 Å². The predicted octanol–water partition coefficient (Wildman–Crippen LogP) is 5.05. The molecule has 1 aromatic rings. The van der Waals surface area contributed by atoms with Crippen LogP contribution in [0, 0.1) is 29.1 Å². The van der Waals surface area contributed by atoms with Crippen molar-refractivity contribution in [3.63, 3.8) is 0 Å². The van der Waals surface area contributed by atoms with Crippen LogP contribution in [0.1, 0.15) is 87.1 Å². The van der Waals surface area contributed by atoms with E-state index in [4.69, 9.17) is 0 Å². The summed E-state index contributed by atoms with van der Waals surface area (Å²) in [6.07, 6.45) is 13.8. The lowest BCUT2D eigenvalue weighted by Gasteiger charge is -2.88. The van der Waals surface area contributed by atoms with Gasteiger partial charge in [-0.25, -0.2) is 0 Å². The lowest BCUT2D eigenvalue weighted by Crippen LogP contribution is -2.87. The molecule has 7 heteroatoms. The van der Waals surface area contributed by atoms with Gasteiger partial charge in [0.15, 0.2) is 0 Å². The summed E-state index contributed by atoms with van der Waals surface area (Å²) >= 11 is 1.84. The highest BCUT2D eigenvalue weighted by molar-refractivity contribution is 7.99. The second-order valence-corrected chi connectivity index (χ2v) is 13.4. The molecule has 2 amide bonds. The fraction of sp³-hybridized carbons (Fsp3) is 0.710. The number of nitrogens with one attached hydrogen (secondary N) is 2. The number of likely N-dealkylation sites (N-methyl/N-ethyl adjacent to an activating group) is 1. The van der Waals surface area contributed by atoms with Gasteiger partial charge in [-0.1, -0.05) is 38.7 Å². The Morgan fingerprint density at radius 2 is 1.84 bits per heavy atom. The van der Waals surface area contributed by atoms with Gasteiger partial charge in [0.2, 0.25) is 12.3 Å². The Bertz CT molecular complexity index is 994. The molecule has 38 heavy (non-hydrogen) atoms. The van der Waals surface area contributed by atoms with Gasteiger partial charge in [0.25, 0.3) is 0 Å². The Hall–Kier alpha value is -1.70. The SMILES string of the molecule is CCCC(C(=O)NC=O)N(C)Cc1cc(SCCCCCCCNC2C3CC4CC5CC2C453)ccc1C=O. The molecule has 1 aromatic carbocycles. The van der Waals surface area contributed by atoms with E-state index in [1.54, 1.807) is 6.42 Å². The van der Waals surface area contributed by atoms with Gasteiger partial charge >= 0.3 is 0 Å². The lowest BCUT2D eigenvalue weighted by molar-refractivity contribution is -0.391. The zero-order valence-corrected chi connectivity index (χ0v) is 23.9. The van der Waals surface area contributed by atoms with Crippen LogP contribution in [0.25, 0.3) is 0 Å². The maximum absolute atomic E-state index is 12.3. The number of benzene rings is 1. The van der Waals surface area contributed by atoms with Crippen molar-refractivity contribution in [1.82, 2.24) is 15.5 Å². The molecule has 0 aliphatic heterocycles. The van der Waals surface area contributed by atoms with Gasteiger partial charge in [0, 0.05) is 23.0 Å². The summed E-state index contributed by atoms with van der Waals surface area (Å²) in [5.41, 5.74) is 2.45. The van der Waals surface area contributed by atoms with E-state index in [1.807, 2.05) is 42.8 Å². The monoisotopic (exact) mass is 539 g/mol. The summed E-state index contributed by atoms with van der Waals surface area (Å²) in [7, 11) is 1.87. The highest BCUT2D eigenvalue weighted by atomic mass is 32.2. The van der Waals surface area contributed by atoms with E-state index in [9.17, 15) is 14.4 Å². The van der Waals surface area contributed by atoms with Crippen LogP contribution in [-0.4, -0.2) is 54.9 Å². The second kappa shape index (κ2) is 12.2. The topological polar surface area (TPSA) is 78.5 Å². The van der Waals surface area contributed by atoms with Crippen molar-refractivity contribution in [1.29, 1.82) is 0 Å². The zero-order chi connectivity index (χ0) is 26.7. The van der Waals surface area contributed by atoms with Gasteiger partial charge < -0.3 is 5.32 Å². The fourth-order valence-electron chi connectivity index (χ4n) is 8.57. The van der Waals surface area contributed by atoms with Gasteiger partial charge in [-0.05, 0) is 105 Å². The molecule has 0 radical (unpaired) electrons. The first-order valence-electron chi connectivity index (χ1n) is 14.9. The number of thioether (sulfide) groups is 1. The Balaban J connectivity index is 0.970. The molecule has 0 bridgehead atoms. The van der Waals surface area contributed by atoms with Crippen LogP contribution in [0.3, 0.4) is 0 Å². The van der Waals surface area contributed by atoms with E-state index >= 15 is 0 Å². The van der Waals surface area contributed by atoms with Crippen molar-refractivity contribution in [2.75, 3.05) is 19.3 Å².